The molecule has 2 unspecified atom stereocenters. The van der Waals surface area contributed by atoms with E-state index in [0.29, 0.717) is 6.42 Å². The molecule has 0 spiro atoms. The molecule has 0 rings (SSSR count). The summed E-state index contributed by atoms with van der Waals surface area (Å²) in [4.78, 5) is 11.6. The van der Waals surface area contributed by atoms with E-state index in [1.165, 1.54) is 25.7 Å². The van der Waals surface area contributed by atoms with Crippen molar-refractivity contribution in [3.8, 4) is 0 Å². The number of carbonyl (C=O) groups is 1. The topological polar surface area (TPSA) is 55.1 Å². The highest BCUT2D eigenvalue weighted by atomic mass is 16.1. The van der Waals surface area contributed by atoms with Gasteiger partial charge in [0.2, 0.25) is 5.91 Å². The van der Waals surface area contributed by atoms with Crippen molar-refractivity contribution in [3.63, 3.8) is 0 Å². The lowest BCUT2D eigenvalue weighted by Crippen LogP contribution is -2.36. The fourth-order valence-electron chi connectivity index (χ4n) is 1.99. The Hall–Kier alpha value is -0.570. The lowest BCUT2D eigenvalue weighted by molar-refractivity contribution is -0.122. The summed E-state index contributed by atoms with van der Waals surface area (Å²) in [5, 5.41) is 3.03. The molecule has 0 saturated heterocycles. The van der Waals surface area contributed by atoms with Gasteiger partial charge in [0.05, 0.1) is 0 Å². The highest BCUT2D eigenvalue weighted by molar-refractivity contribution is 5.76. The van der Waals surface area contributed by atoms with Crippen LogP contribution in [0.1, 0.15) is 72.1 Å². The van der Waals surface area contributed by atoms with Gasteiger partial charge in [-0.1, -0.05) is 46.0 Å². The highest BCUT2D eigenvalue weighted by Gasteiger charge is 2.11. The average molecular weight is 242 g/mol. The van der Waals surface area contributed by atoms with Crippen molar-refractivity contribution in [1.82, 2.24) is 5.32 Å². The fraction of sp³-hybridized carbons (Fsp3) is 0.929. The molecule has 0 bridgehead atoms. The van der Waals surface area contributed by atoms with Crippen LogP contribution in [-0.4, -0.2) is 18.0 Å². The summed E-state index contributed by atoms with van der Waals surface area (Å²) < 4.78 is 0. The first-order valence-corrected chi connectivity index (χ1v) is 7.15. The molecule has 0 aliphatic heterocycles. The summed E-state index contributed by atoms with van der Waals surface area (Å²) in [6.07, 6.45) is 8.54. The Morgan fingerprint density at radius 2 is 1.82 bits per heavy atom. The molecule has 3 heteroatoms. The minimum atomic E-state index is 0.0206. The van der Waals surface area contributed by atoms with E-state index in [4.69, 9.17) is 5.73 Å². The Balaban J connectivity index is 3.58. The number of hydrogen-bond donors (Lipinski definition) is 2. The van der Waals surface area contributed by atoms with Crippen LogP contribution < -0.4 is 11.1 Å². The van der Waals surface area contributed by atoms with Gasteiger partial charge in [-0.25, -0.2) is 0 Å². The van der Waals surface area contributed by atoms with Crippen LogP contribution in [0.15, 0.2) is 0 Å². The van der Waals surface area contributed by atoms with Gasteiger partial charge < -0.3 is 11.1 Å². The predicted molar refractivity (Wildman–Crippen MR) is 73.9 cm³/mol. The van der Waals surface area contributed by atoms with E-state index in [-0.39, 0.29) is 18.0 Å². The predicted octanol–water partition coefficient (Wildman–Crippen LogP) is 2.98. The average Bonchev–Trinajstić information content (AvgIpc) is 2.24. The monoisotopic (exact) mass is 242 g/mol. The third-order valence-electron chi connectivity index (χ3n) is 3.01. The first-order chi connectivity index (χ1) is 8.10. The van der Waals surface area contributed by atoms with E-state index in [2.05, 4.69) is 26.1 Å². The van der Waals surface area contributed by atoms with Gasteiger partial charge in [-0.3, -0.25) is 4.79 Å². The summed E-state index contributed by atoms with van der Waals surface area (Å²) in [6.45, 7) is 6.38. The third kappa shape index (κ3) is 10.3. The fourth-order valence-corrected chi connectivity index (χ4v) is 1.99. The number of unbranched alkanes of at least 4 members (excludes halogenated alkanes) is 3. The molecule has 0 radical (unpaired) electrons. The summed E-state index contributed by atoms with van der Waals surface area (Å²) in [5.41, 5.74) is 5.84. The van der Waals surface area contributed by atoms with E-state index < -0.39 is 0 Å². The van der Waals surface area contributed by atoms with E-state index in [9.17, 15) is 4.79 Å². The normalized spacial score (nSPS) is 14.4. The Kier molecular flexibility index (Phi) is 10.2. The Morgan fingerprint density at radius 3 is 2.41 bits per heavy atom. The Bertz CT molecular complexity index is 195. The molecule has 0 aromatic carbocycles. The zero-order valence-electron chi connectivity index (χ0n) is 11.8. The lowest BCUT2D eigenvalue weighted by atomic mass is 10.1. The summed E-state index contributed by atoms with van der Waals surface area (Å²) in [6, 6.07) is 0.306. The van der Waals surface area contributed by atoms with Crippen LogP contribution in [0.25, 0.3) is 0 Å². The molecule has 0 aromatic rings. The van der Waals surface area contributed by atoms with Crippen LogP contribution in [0, 0.1) is 0 Å². The standard InChI is InChI=1S/C14H30N2O/c1-4-6-7-8-10-12(3)16-14(17)11-13(15)9-5-2/h12-13H,4-11,15H2,1-3H3,(H,16,17). The molecule has 0 aromatic heterocycles. The number of hydrogen-bond acceptors (Lipinski definition) is 2. The van der Waals surface area contributed by atoms with Crippen LogP contribution in [0.5, 0.6) is 0 Å². The Labute approximate surface area is 107 Å². The number of nitrogens with one attached hydrogen (secondary N) is 1. The van der Waals surface area contributed by atoms with Gasteiger partial charge >= 0.3 is 0 Å². The Morgan fingerprint density at radius 1 is 1.12 bits per heavy atom. The van der Waals surface area contributed by atoms with Crippen LogP contribution >= 0.6 is 0 Å². The van der Waals surface area contributed by atoms with Crippen molar-refractivity contribution < 1.29 is 4.79 Å². The van der Waals surface area contributed by atoms with E-state index in [1.807, 2.05) is 0 Å². The molecule has 2 atom stereocenters. The van der Waals surface area contributed by atoms with Crippen molar-refractivity contribution in [2.75, 3.05) is 0 Å². The molecule has 3 nitrogen and oxygen atoms in total. The second-order valence-electron chi connectivity index (χ2n) is 5.07. The second-order valence-corrected chi connectivity index (χ2v) is 5.07. The largest absolute Gasteiger partial charge is 0.354 e. The van der Waals surface area contributed by atoms with E-state index in [1.54, 1.807) is 0 Å². The van der Waals surface area contributed by atoms with Crippen LogP contribution in [0.3, 0.4) is 0 Å². The molecule has 3 N–H and O–H groups in total. The van der Waals surface area contributed by atoms with Crippen LogP contribution in [-0.2, 0) is 4.79 Å². The first kappa shape index (κ1) is 16.4. The number of carbonyl (C=O) groups excluding carboxylic acids is 1. The zero-order chi connectivity index (χ0) is 13.1. The number of amides is 1. The SMILES string of the molecule is CCCCCCC(C)NC(=O)CC(N)CCC. The van der Waals surface area contributed by atoms with Gasteiger partial charge in [-0.2, -0.15) is 0 Å². The van der Waals surface area contributed by atoms with Gasteiger partial charge in [0.25, 0.3) is 0 Å². The summed E-state index contributed by atoms with van der Waals surface area (Å²) in [5.74, 6) is 0.106. The minimum Gasteiger partial charge on any atom is -0.354 e. The van der Waals surface area contributed by atoms with Gasteiger partial charge in [0.1, 0.15) is 0 Å². The highest BCUT2D eigenvalue weighted by Crippen LogP contribution is 2.06. The molecule has 0 saturated carbocycles. The molecule has 0 aliphatic carbocycles. The van der Waals surface area contributed by atoms with E-state index in [0.717, 1.165) is 19.3 Å². The smallest absolute Gasteiger partial charge is 0.221 e. The van der Waals surface area contributed by atoms with Crippen molar-refractivity contribution in [1.29, 1.82) is 0 Å². The molecule has 0 fully saturated rings. The molecular weight excluding hydrogens is 212 g/mol. The van der Waals surface area contributed by atoms with Crippen molar-refractivity contribution >= 4 is 5.91 Å². The molecule has 17 heavy (non-hydrogen) atoms. The zero-order valence-corrected chi connectivity index (χ0v) is 11.8. The third-order valence-corrected chi connectivity index (χ3v) is 3.01. The lowest BCUT2D eigenvalue weighted by Gasteiger charge is -2.16. The first-order valence-electron chi connectivity index (χ1n) is 7.15. The molecule has 0 heterocycles. The molecular formula is C14H30N2O. The maximum atomic E-state index is 11.6. The van der Waals surface area contributed by atoms with Crippen molar-refractivity contribution in [3.05, 3.63) is 0 Å². The minimum absolute atomic E-state index is 0.0206. The van der Waals surface area contributed by atoms with Crippen LogP contribution in [0.2, 0.25) is 0 Å². The van der Waals surface area contributed by atoms with Gasteiger partial charge in [0.15, 0.2) is 0 Å². The van der Waals surface area contributed by atoms with Crippen molar-refractivity contribution in [2.24, 2.45) is 5.73 Å². The maximum Gasteiger partial charge on any atom is 0.221 e. The number of rotatable bonds is 10. The van der Waals surface area contributed by atoms with Crippen LogP contribution in [0.4, 0.5) is 0 Å². The van der Waals surface area contributed by atoms with Gasteiger partial charge in [-0.15, -0.1) is 0 Å². The molecule has 0 aliphatic rings. The molecule has 102 valence electrons. The summed E-state index contributed by atoms with van der Waals surface area (Å²) >= 11 is 0. The number of nitrogens with two attached hydrogens (primary N) is 1. The molecule has 1 amide bonds. The van der Waals surface area contributed by atoms with Gasteiger partial charge in [-0.05, 0) is 19.8 Å². The van der Waals surface area contributed by atoms with Gasteiger partial charge in [0, 0.05) is 18.5 Å². The van der Waals surface area contributed by atoms with Crippen molar-refractivity contribution in [2.45, 2.75) is 84.2 Å². The summed E-state index contributed by atoms with van der Waals surface area (Å²) in [7, 11) is 0. The second kappa shape index (κ2) is 10.6. The quantitative estimate of drug-likeness (QED) is 0.579. The maximum absolute atomic E-state index is 11.6. The van der Waals surface area contributed by atoms with E-state index >= 15 is 0 Å².